The Kier molecular flexibility index (Phi) is 5.37. The monoisotopic (exact) mass is 397 g/mol. The molecule has 140 valence electrons. The van der Waals surface area contributed by atoms with E-state index in [0.717, 1.165) is 16.7 Å². The maximum Gasteiger partial charge on any atom is 0.423 e. The lowest BCUT2D eigenvalue weighted by Gasteiger charge is -2.18. The van der Waals surface area contributed by atoms with E-state index in [0.29, 0.717) is 0 Å². The van der Waals surface area contributed by atoms with Crippen LogP contribution in [0.5, 0.6) is 0 Å². The molecule has 3 aromatic rings. The molecule has 0 bridgehead atoms. The van der Waals surface area contributed by atoms with E-state index < -0.39 is 39.8 Å². The van der Waals surface area contributed by atoms with Gasteiger partial charge in [-0.05, 0) is 24.6 Å². The quantitative estimate of drug-likeness (QED) is 0.357. The number of rotatable bonds is 6. The van der Waals surface area contributed by atoms with E-state index in [2.05, 4.69) is 0 Å². The van der Waals surface area contributed by atoms with Gasteiger partial charge in [0.2, 0.25) is 0 Å². The fourth-order valence-corrected chi connectivity index (χ4v) is 5.25. The number of benzene rings is 3. The summed E-state index contributed by atoms with van der Waals surface area (Å²) >= 11 is 0. The maximum atomic E-state index is 11.8. The Morgan fingerprint density at radius 1 is 0.571 bits per heavy atom. The Bertz CT molecular complexity index is 1020. The minimum Gasteiger partial charge on any atom is -0.258 e. The van der Waals surface area contributed by atoms with Crippen molar-refractivity contribution in [1.29, 1.82) is 0 Å². The van der Waals surface area contributed by atoms with Crippen molar-refractivity contribution in [1.82, 2.24) is 0 Å². The van der Waals surface area contributed by atoms with Gasteiger partial charge in [-0.25, -0.2) is 0 Å². The van der Waals surface area contributed by atoms with Crippen molar-refractivity contribution in [2.75, 3.05) is 0 Å². The zero-order valence-corrected chi connectivity index (χ0v) is 15.1. The van der Waals surface area contributed by atoms with Crippen LogP contribution in [-0.4, -0.2) is 14.8 Å². The van der Waals surface area contributed by atoms with Crippen LogP contribution in [0, 0.1) is 30.3 Å². The average Bonchev–Trinajstić information content (AvgIpc) is 2.69. The molecule has 3 rings (SSSR count). The van der Waals surface area contributed by atoms with Crippen LogP contribution in [0.25, 0.3) is 0 Å². The van der Waals surface area contributed by atoms with Gasteiger partial charge in [0.1, 0.15) is 0 Å². The van der Waals surface area contributed by atoms with Crippen LogP contribution in [0.1, 0.15) is 0 Å². The van der Waals surface area contributed by atoms with Gasteiger partial charge in [0.15, 0.2) is 0 Å². The predicted octanol–water partition coefficient (Wildman–Crippen LogP) is 3.17. The lowest BCUT2D eigenvalue weighted by atomic mass is 10.2. The van der Waals surface area contributed by atoms with Crippen LogP contribution in [0.3, 0.4) is 0 Å². The van der Waals surface area contributed by atoms with Crippen LogP contribution in [0.4, 0.5) is 17.1 Å². The molecule has 0 radical (unpaired) electrons. The second-order valence-electron chi connectivity index (χ2n) is 5.58. The first kappa shape index (κ1) is 19.1. The molecule has 0 N–H and O–H groups in total. The van der Waals surface area contributed by atoms with E-state index in [9.17, 15) is 30.3 Å². The molecular formula is C18H12N3O6P. The van der Waals surface area contributed by atoms with Gasteiger partial charge in [-0.2, -0.15) is 0 Å². The van der Waals surface area contributed by atoms with Crippen LogP contribution >= 0.6 is 7.92 Å². The van der Waals surface area contributed by atoms with E-state index in [1.165, 1.54) is 6.07 Å². The Balaban J connectivity index is 2.38. The molecule has 0 saturated carbocycles. The lowest BCUT2D eigenvalue weighted by molar-refractivity contribution is -0.440. The average molecular weight is 397 g/mol. The first-order valence-corrected chi connectivity index (χ1v) is 9.26. The van der Waals surface area contributed by atoms with E-state index >= 15 is 0 Å². The second kappa shape index (κ2) is 7.89. The molecule has 3 aromatic carbocycles. The van der Waals surface area contributed by atoms with E-state index in [-0.39, 0.29) is 5.30 Å². The van der Waals surface area contributed by atoms with Gasteiger partial charge in [-0.3, -0.25) is 30.3 Å². The van der Waals surface area contributed by atoms with Crippen molar-refractivity contribution >= 4 is 40.9 Å². The molecule has 9 nitrogen and oxygen atoms in total. The maximum absolute atomic E-state index is 11.8. The fourth-order valence-electron chi connectivity index (χ4n) is 2.83. The van der Waals surface area contributed by atoms with Crippen molar-refractivity contribution < 1.29 is 14.8 Å². The summed E-state index contributed by atoms with van der Waals surface area (Å²) in [4.78, 5) is 31.5. The predicted molar refractivity (Wildman–Crippen MR) is 105 cm³/mol. The molecule has 0 saturated heterocycles. The highest BCUT2D eigenvalue weighted by Gasteiger charge is 2.41. The molecule has 28 heavy (non-hydrogen) atoms. The van der Waals surface area contributed by atoms with Gasteiger partial charge in [0.25, 0.3) is 0 Å². The topological polar surface area (TPSA) is 129 Å². The molecule has 0 aliphatic carbocycles. The number of nitrogens with zero attached hydrogens (tertiary/aromatic N) is 3. The minimum atomic E-state index is -1.54. The van der Waals surface area contributed by atoms with Crippen molar-refractivity contribution in [2.24, 2.45) is 0 Å². The summed E-state index contributed by atoms with van der Waals surface area (Å²) in [5.41, 5.74) is -2.86. The van der Waals surface area contributed by atoms with Crippen molar-refractivity contribution in [3.63, 3.8) is 0 Å². The Labute approximate surface area is 159 Å². The van der Waals surface area contributed by atoms with Crippen LogP contribution in [-0.2, 0) is 0 Å². The van der Waals surface area contributed by atoms with Gasteiger partial charge in [0, 0.05) is 6.07 Å². The van der Waals surface area contributed by atoms with Gasteiger partial charge >= 0.3 is 17.1 Å². The normalized spacial score (nSPS) is 10.6. The van der Waals surface area contributed by atoms with Gasteiger partial charge in [-0.1, -0.05) is 60.7 Å². The van der Waals surface area contributed by atoms with Crippen LogP contribution in [0.2, 0.25) is 0 Å². The largest absolute Gasteiger partial charge is 0.423 e. The molecule has 0 unspecified atom stereocenters. The smallest absolute Gasteiger partial charge is 0.258 e. The summed E-state index contributed by atoms with van der Waals surface area (Å²) < 4.78 is 0. The summed E-state index contributed by atoms with van der Waals surface area (Å²) in [6, 6.07) is 19.9. The summed E-state index contributed by atoms with van der Waals surface area (Å²) in [5.74, 6) is 0. The van der Waals surface area contributed by atoms with Gasteiger partial charge < -0.3 is 0 Å². The summed E-state index contributed by atoms with van der Waals surface area (Å²) in [7, 11) is -1.54. The second-order valence-corrected chi connectivity index (χ2v) is 7.76. The molecule has 0 fully saturated rings. The molecule has 0 atom stereocenters. The van der Waals surface area contributed by atoms with Crippen molar-refractivity contribution in [3.8, 4) is 0 Å². The highest BCUT2D eigenvalue weighted by atomic mass is 31.1. The third kappa shape index (κ3) is 3.56. The minimum absolute atomic E-state index is 0.0784. The zero-order chi connectivity index (χ0) is 20.3. The lowest BCUT2D eigenvalue weighted by Crippen LogP contribution is -2.23. The van der Waals surface area contributed by atoms with E-state index in [1.54, 1.807) is 60.7 Å². The molecule has 0 aliphatic heterocycles. The Hall–Kier alpha value is -3.71. The third-order valence-electron chi connectivity index (χ3n) is 3.94. The molecule has 0 amide bonds. The van der Waals surface area contributed by atoms with E-state index in [4.69, 9.17) is 0 Å². The first-order valence-electron chi connectivity index (χ1n) is 7.92. The standard InChI is InChI=1S/C18H12N3O6P/c22-19(23)15-11-12-16(18(21(26)27)17(15)20(24)25)28(13-7-3-1-4-8-13)14-9-5-2-6-10-14/h1-12H. The van der Waals surface area contributed by atoms with E-state index in [1.807, 2.05) is 0 Å². The van der Waals surface area contributed by atoms with Crippen molar-refractivity contribution in [2.45, 2.75) is 0 Å². The SMILES string of the molecule is O=[N+]([O-])c1ccc(P(c2ccccc2)c2ccccc2)c([N+](=O)[O-])c1[N+](=O)[O-]. The first-order chi connectivity index (χ1) is 13.4. The number of hydrogen-bond acceptors (Lipinski definition) is 6. The molecule has 0 aliphatic rings. The van der Waals surface area contributed by atoms with Crippen molar-refractivity contribution in [3.05, 3.63) is 103 Å². The summed E-state index contributed by atoms with van der Waals surface area (Å²) in [6.45, 7) is 0. The van der Waals surface area contributed by atoms with Crippen LogP contribution < -0.4 is 15.9 Å². The van der Waals surface area contributed by atoms with Gasteiger partial charge in [-0.15, -0.1) is 0 Å². The molecule has 0 aromatic heterocycles. The highest BCUT2D eigenvalue weighted by molar-refractivity contribution is 7.80. The molecule has 0 spiro atoms. The summed E-state index contributed by atoms with van der Waals surface area (Å²) in [6.07, 6.45) is 0. The molecular weight excluding hydrogens is 385 g/mol. The number of nitro groups is 3. The molecule has 10 heteroatoms. The van der Waals surface area contributed by atoms with Crippen LogP contribution in [0.15, 0.2) is 72.8 Å². The fraction of sp³-hybridized carbons (Fsp3) is 0. The zero-order valence-electron chi connectivity index (χ0n) is 14.2. The third-order valence-corrected chi connectivity index (χ3v) is 6.41. The number of hydrogen-bond donors (Lipinski definition) is 0. The number of nitro benzene ring substituents is 3. The highest BCUT2D eigenvalue weighted by Crippen LogP contribution is 2.43. The Morgan fingerprint density at radius 2 is 1.04 bits per heavy atom. The Morgan fingerprint density at radius 3 is 1.43 bits per heavy atom. The van der Waals surface area contributed by atoms with Gasteiger partial charge in [0.05, 0.1) is 20.1 Å². The molecule has 0 heterocycles. The summed E-state index contributed by atoms with van der Waals surface area (Å²) in [5, 5.41) is 36.0.